The molecule has 3 rings (SSSR count). The molecule has 1 amide bonds. The lowest BCUT2D eigenvalue weighted by atomic mass is 10.0. The van der Waals surface area contributed by atoms with Crippen molar-refractivity contribution in [3.63, 3.8) is 0 Å². The number of likely N-dealkylation sites (N-methyl/N-ethyl adjacent to an activating group) is 1. The summed E-state index contributed by atoms with van der Waals surface area (Å²) >= 11 is 8.27. The Morgan fingerprint density at radius 1 is 1.10 bits per heavy atom. The molecule has 4 nitrogen and oxygen atoms in total. The number of anilines is 1. The zero-order chi connectivity index (χ0) is 22.2. The number of fused-ring (bicyclic) bond motifs is 1. The molecular formula is C25H34ClN3OS. The molecule has 0 spiro atoms. The summed E-state index contributed by atoms with van der Waals surface area (Å²) in [6.45, 7) is 3.89. The van der Waals surface area contributed by atoms with Gasteiger partial charge in [-0.2, -0.15) is 0 Å². The molecular weight excluding hydrogens is 426 g/mol. The lowest BCUT2D eigenvalue weighted by Gasteiger charge is -2.22. The molecule has 168 valence electrons. The van der Waals surface area contributed by atoms with Gasteiger partial charge in [0.1, 0.15) is 11.5 Å². The van der Waals surface area contributed by atoms with Crippen molar-refractivity contribution < 1.29 is 4.79 Å². The third-order valence-electron chi connectivity index (χ3n) is 5.61. The molecule has 0 saturated carbocycles. The number of unbranched alkanes of at least 4 members (excludes halogenated alkanes) is 5. The number of hydrogen-bond acceptors (Lipinski definition) is 4. The summed E-state index contributed by atoms with van der Waals surface area (Å²) in [4.78, 5) is 23.1. The Morgan fingerprint density at radius 3 is 2.58 bits per heavy atom. The van der Waals surface area contributed by atoms with Crippen molar-refractivity contribution in [3.05, 3.63) is 51.4 Å². The highest BCUT2D eigenvalue weighted by atomic mass is 35.5. The fraction of sp³-hybridized carbons (Fsp3) is 0.520. The first-order valence-electron chi connectivity index (χ1n) is 11.4. The molecule has 0 aliphatic carbocycles. The van der Waals surface area contributed by atoms with Gasteiger partial charge in [0, 0.05) is 34.1 Å². The van der Waals surface area contributed by atoms with Crippen molar-refractivity contribution in [1.29, 1.82) is 0 Å². The molecule has 1 aromatic heterocycles. The van der Waals surface area contributed by atoms with Gasteiger partial charge in [-0.05, 0) is 39.1 Å². The summed E-state index contributed by atoms with van der Waals surface area (Å²) in [6, 6.07) is 10.0. The Hall–Kier alpha value is -1.69. The number of nitrogens with zero attached hydrogens (tertiary/aromatic N) is 3. The maximum Gasteiger partial charge on any atom is 0.249 e. The highest BCUT2D eigenvalue weighted by molar-refractivity contribution is 7.16. The van der Waals surface area contributed by atoms with Crippen LogP contribution in [0.3, 0.4) is 0 Å². The van der Waals surface area contributed by atoms with Crippen LogP contribution < -0.4 is 4.90 Å². The van der Waals surface area contributed by atoms with Crippen molar-refractivity contribution >= 4 is 39.6 Å². The number of amides is 1. The molecule has 0 saturated heterocycles. The van der Waals surface area contributed by atoms with Crippen molar-refractivity contribution in [1.82, 2.24) is 4.90 Å². The molecule has 0 fully saturated rings. The molecule has 0 N–H and O–H groups in total. The summed E-state index contributed by atoms with van der Waals surface area (Å²) in [5, 5.41) is 1.69. The number of halogens is 1. The van der Waals surface area contributed by atoms with Crippen LogP contribution in [-0.2, 0) is 11.2 Å². The van der Waals surface area contributed by atoms with Gasteiger partial charge in [-0.15, -0.1) is 11.3 Å². The van der Waals surface area contributed by atoms with Crippen molar-refractivity contribution in [2.45, 2.75) is 51.9 Å². The van der Waals surface area contributed by atoms with Crippen LogP contribution in [-0.4, -0.2) is 50.2 Å². The SMILES string of the molecule is CCCCCCCCc1cc2c(s1)N(CCN(C)C)C(=O)CN=C2c1ccccc1Cl. The second-order valence-electron chi connectivity index (χ2n) is 8.44. The standard InChI is InChI=1S/C25H34ClN3OS/c1-4-5-6-7-8-9-12-19-17-21-24(20-13-10-11-14-22(20)26)27-18-23(30)29(25(21)31-19)16-15-28(2)3/h10-11,13-14,17H,4-9,12,15-16,18H2,1-3H3. The number of thiophene rings is 1. The molecule has 1 aliphatic heterocycles. The third kappa shape index (κ3) is 6.41. The van der Waals surface area contributed by atoms with Crippen LogP contribution in [0.4, 0.5) is 5.00 Å². The average molecular weight is 460 g/mol. The fourth-order valence-corrected chi connectivity index (χ4v) is 5.31. The molecule has 0 bridgehead atoms. The predicted molar refractivity (Wildman–Crippen MR) is 134 cm³/mol. The molecule has 1 aliphatic rings. The van der Waals surface area contributed by atoms with E-state index in [9.17, 15) is 4.79 Å². The van der Waals surface area contributed by atoms with Crippen molar-refractivity contribution in [2.75, 3.05) is 38.6 Å². The zero-order valence-corrected chi connectivity index (χ0v) is 20.6. The highest BCUT2D eigenvalue weighted by Crippen LogP contribution is 2.37. The quantitative estimate of drug-likeness (QED) is 0.383. The van der Waals surface area contributed by atoms with E-state index in [2.05, 4.69) is 17.9 Å². The molecule has 1 aromatic carbocycles. The average Bonchev–Trinajstić information content (AvgIpc) is 3.10. The Morgan fingerprint density at radius 2 is 1.84 bits per heavy atom. The summed E-state index contributed by atoms with van der Waals surface area (Å²) in [7, 11) is 4.07. The van der Waals surface area contributed by atoms with E-state index in [1.54, 1.807) is 11.3 Å². The van der Waals surface area contributed by atoms with E-state index in [1.165, 1.54) is 43.4 Å². The highest BCUT2D eigenvalue weighted by Gasteiger charge is 2.28. The van der Waals surface area contributed by atoms with Crippen LogP contribution in [0.25, 0.3) is 0 Å². The number of rotatable bonds is 11. The van der Waals surface area contributed by atoms with Crippen LogP contribution in [0.15, 0.2) is 35.3 Å². The Labute approximate surface area is 195 Å². The molecule has 0 radical (unpaired) electrons. The van der Waals surface area contributed by atoms with Gasteiger partial charge in [0.05, 0.1) is 5.71 Å². The third-order valence-corrected chi connectivity index (χ3v) is 7.16. The van der Waals surface area contributed by atoms with Crippen molar-refractivity contribution in [3.8, 4) is 0 Å². The van der Waals surface area contributed by atoms with Crippen LogP contribution in [0.1, 0.15) is 61.5 Å². The minimum atomic E-state index is 0.0538. The minimum absolute atomic E-state index is 0.0538. The number of hydrogen-bond donors (Lipinski definition) is 0. The molecule has 0 unspecified atom stereocenters. The second kappa shape index (κ2) is 11.8. The normalized spacial score (nSPS) is 14.0. The van der Waals surface area contributed by atoms with Gasteiger partial charge in [0.2, 0.25) is 5.91 Å². The van der Waals surface area contributed by atoms with E-state index >= 15 is 0 Å². The summed E-state index contributed by atoms with van der Waals surface area (Å²) < 4.78 is 0. The van der Waals surface area contributed by atoms with Crippen LogP contribution in [0.2, 0.25) is 5.02 Å². The second-order valence-corrected chi connectivity index (χ2v) is 9.97. The minimum Gasteiger partial charge on any atom is -0.308 e. The van der Waals surface area contributed by atoms with Gasteiger partial charge in [0.25, 0.3) is 0 Å². The Bertz CT molecular complexity index is 906. The number of carbonyl (C=O) groups is 1. The Balaban J connectivity index is 1.88. The van der Waals surface area contributed by atoms with E-state index in [1.807, 2.05) is 43.3 Å². The lowest BCUT2D eigenvalue weighted by molar-refractivity contribution is -0.117. The monoisotopic (exact) mass is 459 g/mol. The van der Waals surface area contributed by atoms with Crippen molar-refractivity contribution in [2.24, 2.45) is 4.99 Å². The van der Waals surface area contributed by atoms with Crippen LogP contribution in [0.5, 0.6) is 0 Å². The van der Waals surface area contributed by atoms with E-state index in [4.69, 9.17) is 16.6 Å². The summed E-state index contributed by atoms with van der Waals surface area (Å²) in [5.41, 5.74) is 2.78. The molecule has 0 atom stereocenters. The van der Waals surface area contributed by atoms with E-state index in [-0.39, 0.29) is 12.5 Å². The van der Waals surface area contributed by atoms with Gasteiger partial charge in [-0.1, -0.05) is 68.8 Å². The first-order chi connectivity index (χ1) is 15.0. The van der Waals surface area contributed by atoms with Gasteiger partial charge < -0.3 is 9.80 Å². The van der Waals surface area contributed by atoms with Gasteiger partial charge in [-0.3, -0.25) is 9.79 Å². The first kappa shape index (κ1) is 24.0. The Kier molecular flexibility index (Phi) is 9.12. The fourth-order valence-electron chi connectivity index (χ4n) is 3.84. The molecule has 2 aromatic rings. The predicted octanol–water partition coefficient (Wildman–Crippen LogP) is 6.05. The van der Waals surface area contributed by atoms with Crippen LogP contribution >= 0.6 is 22.9 Å². The maximum absolute atomic E-state index is 13.0. The summed E-state index contributed by atoms with van der Waals surface area (Å²) in [5.74, 6) is 0.0538. The maximum atomic E-state index is 13.0. The largest absolute Gasteiger partial charge is 0.308 e. The number of aliphatic imine (C=N–C) groups is 1. The van der Waals surface area contributed by atoms with Gasteiger partial charge in [0.15, 0.2) is 0 Å². The number of aryl methyl sites for hydroxylation is 1. The van der Waals surface area contributed by atoms with E-state index < -0.39 is 0 Å². The van der Waals surface area contributed by atoms with E-state index in [0.29, 0.717) is 11.6 Å². The first-order valence-corrected chi connectivity index (χ1v) is 12.6. The van der Waals surface area contributed by atoms with Gasteiger partial charge in [-0.25, -0.2) is 0 Å². The number of benzene rings is 1. The molecule has 2 heterocycles. The molecule has 31 heavy (non-hydrogen) atoms. The van der Waals surface area contributed by atoms with E-state index in [0.717, 1.165) is 34.8 Å². The molecule has 6 heteroatoms. The summed E-state index contributed by atoms with van der Waals surface area (Å²) in [6.07, 6.45) is 8.73. The zero-order valence-electron chi connectivity index (χ0n) is 19.0. The lowest BCUT2D eigenvalue weighted by Crippen LogP contribution is -2.37. The smallest absolute Gasteiger partial charge is 0.249 e. The number of carbonyl (C=O) groups excluding carboxylic acids is 1. The van der Waals surface area contributed by atoms with Crippen LogP contribution in [0, 0.1) is 0 Å². The topological polar surface area (TPSA) is 35.9 Å². The van der Waals surface area contributed by atoms with Gasteiger partial charge >= 0.3 is 0 Å².